The monoisotopic (exact) mass is 341 g/mol. The van der Waals surface area contributed by atoms with E-state index < -0.39 is 4.92 Å². The lowest BCUT2D eigenvalue weighted by Gasteiger charge is -2.18. The number of nitrogens with zero attached hydrogens (tertiary/aromatic N) is 2. The van der Waals surface area contributed by atoms with Crippen LogP contribution in [0.3, 0.4) is 0 Å². The molecule has 2 aromatic carbocycles. The Hall–Kier alpha value is -2.73. The number of amides is 1. The average molecular weight is 341 g/mol. The van der Waals surface area contributed by atoms with E-state index in [1.807, 2.05) is 24.3 Å². The van der Waals surface area contributed by atoms with Gasteiger partial charge >= 0.3 is 0 Å². The molecule has 2 rings (SSSR count). The molecule has 0 unspecified atom stereocenters. The molecule has 0 aliphatic carbocycles. The Balaban J connectivity index is 2.11. The highest BCUT2D eigenvalue weighted by atomic mass is 16.6. The number of hydrogen-bond acceptors (Lipinski definition) is 4. The zero-order valence-corrected chi connectivity index (χ0v) is 14.8. The van der Waals surface area contributed by atoms with Crippen LogP contribution in [0.4, 0.5) is 11.4 Å². The van der Waals surface area contributed by atoms with Crippen LogP contribution in [0, 0.1) is 17.0 Å². The van der Waals surface area contributed by atoms with Crippen LogP contribution < -0.4 is 5.32 Å². The minimum Gasteiger partial charge on any atom is -0.322 e. The number of carbonyl (C=O) groups excluding carboxylic acids is 1. The maximum absolute atomic E-state index is 12.4. The van der Waals surface area contributed by atoms with Crippen LogP contribution in [0.1, 0.15) is 35.3 Å². The van der Waals surface area contributed by atoms with E-state index in [1.54, 1.807) is 13.0 Å². The summed E-state index contributed by atoms with van der Waals surface area (Å²) >= 11 is 0. The summed E-state index contributed by atoms with van der Waals surface area (Å²) in [5.41, 5.74) is 2.46. The summed E-state index contributed by atoms with van der Waals surface area (Å²) in [5.74, 6) is -0.349. The molecule has 0 fully saturated rings. The average Bonchev–Trinajstić information content (AvgIpc) is 2.60. The zero-order valence-electron chi connectivity index (χ0n) is 14.8. The van der Waals surface area contributed by atoms with Crippen molar-refractivity contribution < 1.29 is 9.72 Å². The van der Waals surface area contributed by atoms with Gasteiger partial charge in [-0.2, -0.15) is 0 Å². The van der Waals surface area contributed by atoms with Crippen LogP contribution in [0.5, 0.6) is 0 Å². The van der Waals surface area contributed by atoms with E-state index in [9.17, 15) is 14.9 Å². The van der Waals surface area contributed by atoms with Gasteiger partial charge in [0.2, 0.25) is 0 Å². The highest BCUT2D eigenvalue weighted by Crippen LogP contribution is 2.22. The maximum Gasteiger partial charge on any atom is 0.273 e. The molecular formula is C19H23N3O3. The van der Waals surface area contributed by atoms with Gasteiger partial charge in [0, 0.05) is 29.4 Å². The topological polar surface area (TPSA) is 75.5 Å². The summed E-state index contributed by atoms with van der Waals surface area (Å²) in [4.78, 5) is 25.3. The first-order valence-electron chi connectivity index (χ1n) is 8.32. The summed E-state index contributed by atoms with van der Waals surface area (Å²) in [6.07, 6.45) is 0. The van der Waals surface area contributed by atoms with Gasteiger partial charge in [-0.25, -0.2) is 0 Å². The van der Waals surface area contributed by atoms with Gasteiger partial charge in [-0.1, -0.05) is 32.0 Å². The SMILES string of the molecule is CCN(CC)Cc1ccc(NC(=O)c2cccc([N+](=O)[O-])c2C)cc1. The fraction of sp³-hybridized carbons (Fsp3) is 0.316. The molecule has 0 radical (unpaired) electrons. The van der Waals surface area contributed by atoms with Crippen LogP contribution in [0.25, 0.3) is 0 Å². The van der Waals surface area contributed by atoms with E-state index in [0.717, 1.165) is 19.6 Å². The summed E-state index contributed by atoms with van der Waals surface area (Å²) in [6.45, 7) is 8.67. The third-order valence-corrected chi connectivity index (χ3v) is 4.26. The number of anilines is 1. The molecule has 0 bridgehead atoms. The molecule has 0 atom stereocenters. The number of carbonyl (C=O) groups is 1. The Morgan fingerprint density at radius 3 is 2.32 bits per heavy atom. The smallest absolute Gasteiger partial charge is 0.273 e. The van der Waals surface area contributed by atoms with Crippen molar-refractivity contribution in [2.24, 2.45) is 0 Å². The van der Waals surface area contributed by atoms with Gasteiger partial charge in [-0.3, -0.25) is 19.8 Å². The molecule has 0 aliphatic rings. The van der Waals surface area contributed by atoms with Crippen LogP contribution in [-0.4, -0.2) is 28.8 Å². The van der Waals surface area contributed by atoms with Crippen LogP contribution in [0.15, 0.2) is 42.5 Å². The van der Waals surface area contributed by atoms with Crippen molar-refractivity contribution in [2.45, 2.75) is 27.3 Å². The first kappa shape index (κ1) is 18.6. The second-order valence-electron chi connectivity index (χ2n) is 5.82. The van der Waals surface area contributed by atoms with Crippen molar-refractivity contribution in [2.75, 3.05) is 18.4 Å². The predicted octanol–water partition coefficient (Wildman–Crippen LogP) is 4.00. The lowest BCUT2D eigenvalue weighted by Crippen LogP contribution is -2.22. The molecule has 0 saturated heterocycles. The molecule has 2 aromatic rings. The van der Waals surface area contributed by atoms with E-state index in [0.29, 0.717) is 16.8 Å². The van der Waals surface area contributed by atoms with Gasteiger partial charge in [0.05, 0.1) is 4.92 Å². The first-order chi connectivity index (χ1) is 12.0. The van der Waals surface area contributed by atoms with Crippen molar-refractivity contribution in [1.29, 1.82) is 0 Å². The number of benzene rings is 2. The van der Waals surface area contributed by atoms with E-state index in [4.69, 9.17) is 0 Å². The van der Waals surface area contributed by atoms with Gasteiger partial charge < -0.3 is 5.32 Å². The van der Waals surface area contributed by atoms with Gasteiger partial charge in [-0.05, 0) is 43.8 Å². The number of hydrogen-bond donors (Lipinski definition) is 1. The van der Waals surface area contributed by atoms with Crippen molar-refractivity contribution in [3.8, 4) is 0 Å². The van der Waals surface area contributed by atoms with Gasteiger partial charge in [0.15, 0.2) is 0 Å². The molecule has 132 valence electrons. The van der Waals surface area contributed by atoms with Crippen molar-refractivity contribution in [3.05, 3.63) is 69.3 Å². The van der Waals surface area contributed by atoms with Crippen LogP contribution >= 0.6 is 0 Å². The molecule has 6 heteroatoms. The van der Waals surface area contributed by atoms with Crippen molar-refractivity contribution in [1.82, 2.24) is 4.90 Å². The maximum atomic E-state index is 12.4. The third-order valence-electron chi connectivity index (χ3n) is 4.26. The molecule has 0 spiro atoms. The Bertz CT molecular complexity index is 753. The Morgan fingerprint density at radius 2 is 1.76 bits per heavy atom. The largest absolute Gasteiger partial charge is 0.322 e. The molecule has 0 heterocycles. The Labute approximate surface area is 147 Å². The molecule has 6 nitrogen and oxygen atoms in total. The lowest BCUT2D eigenvalue weighted by molar-refractivity contribution is -0.385. The number of nitro groups is 1. The van der Waals surface area contributed by atoms with E-state index in [1.165, 1.54) is 17.7 Å². The van der Waals surface area contributed by atoms with Crippen LogP contribution in [0.2, 0.25) is 0 Å². The molecule has 1 N–H and O–H groups in total. The second kappa shape index (κ2) is 8.39. The minimum atomic E-state index is -0.478. The van der Waals surface area contributed by atoms with E-state index in [2.05, 4.69) is 24.1 Å². The highest BCUT2D eigenvalue weighted by molar-refractivity contribution is 6.05. The Kier molecular flexibility index (Phi) is 6.25. The van der Waals surface area contributed by atoms with E-state index >= 15 is 0 Å². The molecule has 25 heavy (non-hydrogen) atoms. The van der Waals surface area contributed by atoms with Gasteiger partial charge in [0.25, 0.3) is 11.6 Å². The van der Waals surface area contributed by atoms with E-state index in [-0.39, 0.29) is 11.6 Å². The second-order valence-corrected chi connectivity index (χ2v) is 5.82. The fourth-order valence-corrected chi connectivity index (χ4v) is 2.66. The van der Waals surface area contributed by atoms with Gasteiger partial charge in [0.1, 0.15) is 0 Å². The normalized spacial score (nSPS) is 10.7. The quantitative estimate of drug-likeness (QED) is 0.610. The first-order valence-corrected chi connectivity index (χ1v) is 8.32. The number of rotatable bonds is 7. The van der Waals surface area contributed by atoms with Crippen molar-refractivity contribution >= 4 is 17.3 Å². The van der Waals surface area contributed by atoms with Gasteiger partial charge in [-0.15, -0.1) is 0 Å². The molecule has 1 amide bonds. The van der Waals surface area contributed by atoms with Crippen LogP contribution in [-0.2, 0) is 6.54 Å². The summed E-state index contributed by atoms with van der Waals surface area (Å²) < 4.78 is 0. The summed E-state index contributed by atoms with van der Waals surface area (Å²) in [7, 11) is 0. The lowest BCUT2D eigenvalue weighted by atomic mass is 10.1. The number of nitro benzene ring substituents is 1. The zero-order chi connectivity index (χ0) is 18.4. The van der Waals surface area contributed by atoms with Crippen molar-refractivity contribution in [3.63, 3.8) is 0 Å². The highest BCUT2D eigenvalue weighted by Gasteiger charge is 2.17. The standard InChI is InChI=1S/C19H23N3O3/c1-4-21(5-2)13-15-9-11-16(12-10-15)20-19(23)17-7-6-8-18(14(17)3)22(24)25/h6-12H,4-5,13H2,1-3H3,(H,20,23). The Morgan fingerprint density at radius 1 is 1.12 bits per heavy atom. The molecular weight excluding hydrogens is 318 g/mol. The molecule has 0 saturated carbocycles. The summed E-state index contributed by atoms with van der Waals surface area (Å²) in [5, 5.41) is 13.8. The minimum absolute atomic E-state index is 0.0535. The molecule has 0 aromatic heterocycles. The predicted molar refractivity (Wildman–Crippen MR) is 98.9 cm³/mol. The summed E-state index contributed by atoms with van der Waals surface area (Å²) in [6, 6.07) is 12.2. The number of nitrogens with one attached hydrogen (secondary N) is 1. The fourth-order valence-electron chi connectivity index (χ4n) is 2.66. The molecule has 0 aliphatic heterocycles. The third kappa shape index (κ3) is 4.64.